The van der Waals surface area contributed by atoms with Gasteiger partial charge in [0.15, 0.2) is 0 Å². The molecule has 1 aliphatic rings. The van der Waals surface area contributed by atoms with Gasteiger partial charge >= 0.3 is 5.97 Å². The summed E-state index contributed by atoms with van der Waals surface area (Å²) in [4.78, 5) is 25.8. The number of carbonyl (C=O) groups is 2. The maximum absolute atomic E-state index is 13.8. The zero-order valence-electron chi connectivity index (χ0n) is 21.6. The average molecular weight is 494 g/mol. The molecule has 1 heterocycles. The number of benzene rings is 2. The van der Waals surface area contributed by atoms with Crippen LogP contribution in [0.5, 0.6) is 0 Å². The summed E-state index contributed by atoms with van der Waals surface area (Å²) in [6.45, 7) is 9.79. The van der Waals surface area contributed by atoms with E-state index in [1.165, 1.54) is 19.1 Å². The molecule has 1 aliphatic heterocycles. The minimum atomic E-state index is -1.20. The molecule has 4 atom stereocenters. The topological polar surface area (TPSA) is 77.8 Å². The fraction of sp³-hybridized carbons (Fsp3) is 0.400. The number of carbonyl (C=O) groups excluding carboxylic acids is 1. The van der Waals surface area contributed by atoms with E-state index in [1.807, 2.05) is 24.3 Å². The van der Waals surface area contributed by atoms with E-state index in [-0.39, 0.29) is 30.1 Å². The highest BCUT2D eigenvalue weighted by Crippen LogP contribution is 2.54. The first-order valence-corrected chi connectivity index (χ1v) is 12.4. The molecule has 5 nitrogen and oxygen atoms in total. The van der Waals surface area contributed by atoms with Crippen LogP contribution in [0.15, 0.2) is 72.9 Å². The Morgan fingerprint density at radius 2 is 1.64 bits per heavy atom. The monoisotopic (exact) mass is 493 g/mol. The lowest BCUT2D eigenvalue weighted by atomic mass is 9.68. The number of Topliss-reactive ketones (excluding diaryl/α,β-unsaturated/α-hetero) is 1. The van der Waals surface area contributed by atoms with Crippen molar-refractivity contribution in [3.8, 4) is 0 Å². The highest BCUT2D eigenvalue weighted by molar-refractivity contribution is 5.98. The van der Waals surface area contributed by atoms with E-state index < -0.39 is 29.3 Å². The van der Waals surface area contributed by atoms with Gasteiger partial charge in [0.1, 0.15) is 17.5 Å². The molecular weight excluding hydrogens is 457 g/mol. The minimum absolute atomic E-state index is 0.0800. The van der Waals surface area contributed by atoms with Crippen LogP contribution in [0.3, 0.4) is 0 Å². The summed E-state index contributed by atoms with van der Waals surface area (Å²) in [6, 6.07) is 16.7. The zero-order valence-corrected chi connectivity index (χ0v) is 21.6. The summed E-state index contributed by atoms with van der Waals surface area (Å²) in [5.74, 6) is -3.24. The summed E-state index contributed by atoms with van der Waals surface area (Å²) >= 11 is 0. The summed E-state index contributed by atoms with van der Waals surface area (Å²) < 4.78 is 13.8. The van der Waals surface area contributed by atoms with Crippen molar-refractivity contribution in [1.82, 2.24) is 4.90 Å². The molecule has 36 heavy (non-hydrogen) atoms. The Balaban J connectivity index is 2.12. The summed E-state index contributed by atoms with van der Waals surface area (Å²) in [6.07, 6.45) is 4.35. The van der Waals surface area contributed by atoms with Gasteiger partial charge in [0.25, 0.3) is 0 Å². The average Bonchev–Trinajstić information content (AvgIpc) is 3.20. The zero-order chi connectivity index (χ0) is 26.6. The maximum Gasteiger partial charge on any atom is 0.313 e. The van der Waals surface area contributed by atoms with E-state index in [4.69, 9.17) is 5.11 Å². The minimum Gasteiger partial charge on any atom is -0.481 e. The van der Waals surface area contributed by atoms with Crippen molar-refractivity contribution >= 4 is 17.3 Å². The van der Waals surface area contributed by atoms with Crippen molar-refractivity contribution in [3.63, 3.8) is 0 Å². The molecule has 0 saturated carbocycles. The number of halogens is 1. The first-order valence-electron chi connectivity index (χ1n) is 12.4. The highest BCUT2D eigenvalue weighted by Gasteiger charge is 2.51. The van der Waals surface area contributed by atoms with Crippen molar-refractivity contribution in [2.75, 3.05) is 0 Å². The number of aliphatic carboxylic acids is 1. The number of ketones is 1. The SMILES string of the molecule is CC(C(=O)O)C(=O)CC(O)C=CC1(C(C)C)C(c2ccccc2)C(c2ccc(F)cc2)=CN1C(C)C. The Morgan fingerprint density at radius 3 is 2.17 bits per heavy atom. The van der Waals surface area contributed by atoms with Crippen LogP contribution in [-0.2, 0) is 9.59 Å². The smallest absolute Gasteiger partial charge is 0.313 e. The number of nitrogens with zero attached hydrogens (tertiary/aromatic N) is 1. The number of hydrogen-bond acceptors (Lipinski definition) is 4. The van der Waals surface area contributed by atoms with Crippen LogP contribution in [0.2, 0.25) is 0 Å². The maximum atomic E-state index is 13.8. The molecule has 0 radical (unpaired) electrons. The third-order valence-electron chi connectivity index (χ3n) is 7.14. The van der Waals surface area contributed by atoms with Crippen LogP contribution in [0.25, 0.3) is 5.57 Å². The van der Waals surface area contributed by atoms with Crippen LogP contribution >= 0.6 is 0 Å². The van der Waals surface area contributed by atoms with E-state index in [2.05, 4.69) is 50.9 Å². The van der Waals surface area contributed by atoms with E-state index >= 15 is 0 Å². The molecule has 192 valence electrons. The molecule has 3 rings (SSSR count). The number of aliphatic hydroxyl groups excluding tert-OH is 1. The molecule has 2 aromatic carbocycles. The number of carboxylic acids is 1. The van der Waals surface area contributed by atoms with Gasteiger partial charge in [-0.1, -0.05) is 68.5 Å². The second-order valence-electron chi connectivity index (χ2n) is 10.1. The van der Waals surface area contributed by atoms with Gasteiger partial charge in [0.2, 0.25) is 0 Å². The van der Waals surface area contributed by atoms with Crippen molar-refractivity contribution < 1.29 is 24.2 Å². The van der Waals surface area contributed by atoms with E-state index in [1.54, 1.807) is 18.2 Å². The quantitative estimate of drug-likeness (QED) is 0.330. The Morgan fingerprint density at radius 1 is 1.03 bits per heavy atom. The van der Waals surface area contributed by atoms with E-state index in [0.29, 0.717) is 0 Å². The molecule has 0 amide bonds. The van der Waals surface area contributed by atoms with Crippen LogP contribution < -0.4 is 0 Å². The Kier molecular flexibility index (Phi) is 8.51. The predicted molar refractivity (Wildman–Crippen MR) is 140 cm³/mol. The van der Waals surface area contributed by atoms with Gasteiger partial charge in [0, 0.05) is 24.6 Å². The van der Waals surface area contributed by atoms with Crippen molar-refractivity contribution in [1.29, 1.82) is 0 Å². The number of aliphatic hydroxyl groups is 1. The highest BCUT2D eigenvalue weighted by atomic mass is 19.1. The number of hydrogen-bond donors (Lipinski definition) is 2. The van der Waals surface area contributed by atoms with Gasteiger partial charge in [0.05, 0.1) is 11.6 Å². The normalized spacial score (nSPS) is 21.8. The second kappa shape index (κ2) is 11.2. The van der Waals surface area contributed by atoms with Crippen LogP contribution in [0.1, 0.15) is 58.1 Å². The standard InChI is InChI=1S/C30H36FNO4/c1-19(2)30(16-15-25(33)17-27(34)21(5)29(35)36)28(23-9-7-6-8-10-23)26(18-32(30)20(3)4)22-11-13-24(31)14-12-22/h6-16,18-21,25,28,33H,17H2,1-5H3,(H,35,36). The Bertz CT molecular complexity index is 1120. The molecular formula is C30H36FNO4. The van der Waals surface area contributed by atoms with Crippen LogP contribution in [0.4, 0.5) is 4.39 Å². The van der Waals surface area contributed by atoms with Crippen molar-refractivity contribution in [2.24, 2.45) is 11.8 Å². The van der Waals surface area contributed by atoms with E-state index in [0.717, 1.165) is 16.7 Å². The third-order valence-corrected chi connectivity index (χ3v) is 7.14. The molecule has 0 aromatic heterocycles. The van der Waals surface area contributed by atoms with Gasteiger partial charge in [-0.2, -0.15) is 0 Å². The summed E-state index contributed by atoms with van der Waals surface area (Å²) in [5.41, 5.74) is 2.44. The third kappa shape index (κ3) is 5.44. The van der Waals surface area contributed by atoms with Gasteiger partial charge in [-0.25, -0.2) is 4.39 Å². The van der Waals surface area contributed by atoms with Gasteiger partial charge in [-0.05, 0) is 55.5 Å². The Hall–Kier alpha value is -3.25. The van der Waals surface area contributed by atoms with Crippen LogP contribution in [0, 0.1) is 17.7 Å². The molecule has 2 N–H and O–H groups in total. The lowest BCUT2D eigenvalue weighted by molar-refractivity contribution is -0.145. The van der Waals surface area contributed by atoms with Crippen molar-refractivity contribution in [2.45, 2.75) is 64.6 Å². The fourth-order valence-corrected chi connectivity index (χ4v) is 5.17. The Labute approximate surface area is 213 Å². The number of rotatable bonds is 10. The second-order valence-corrected chi connectivity index (χ2v) is 10.1. The predicted octanol–water partition coefficient (Wildman–Crippen LogP) is 5.67. The largest absolute Gasteiger partial charge is 0.481 e. The summed E-state index contributed by atoms with van der Waals surface area (Å²) in [5, 5.41) is 19.9. The number of carboxylic acid groups (broad SMARTS) is 1. The summed E-state index contributed by atoms with van der Waals surface area (Å²) in [7, 11) is 0. The van der Waals surface area contributed by atoms with Crippen molar-refractivity contribution in [3.05, 3.63) is 89.9 Å². The molecule has 0 saturated heterocycles. The molecule has 4 unspecified atom stereocenters. The fourth-order valence-electron chi connectivity index (χ4n) is 5.17. The van der Waals surface area contributed by atoms with Gasteiger partial charge in [-0.3, -0.25) is 9.59 Å². The first kappa shape index (κ1) is 27.3. The van der Waals surface area contributed by atoms with Gasteiger partial charge in [-0.15, -0.1) is 0 Å². The lowest BCUT2D eigenvalue weighted by Crippen LogP contribution is -2.52. The molecule has 0 spiro atoms. The lowest BCUT2D eigenvalue weighted by Gasteiger charge is -2.48. The first-order chi connectivity index (χ1) is 17.0. The molecule has 0 aliphatic carbocycles. The molecule has 0 bridgehead atoms. The van der Waals surface area contributed by atoms with Crippen LogP contribution in [-0.4, -0.2) is 44.6 Å². The van der Waals surface area contributed by atoms with E-state index in [9.17, 15) is 19.1 Å². The van der Waals surface area contributed by atoms with Gasteiger partial charge < -0.3 is 15.1 Å². The molecule has 0 fully saturated rings. The molecule has 6 heteroatoms. The molecule has 2 aromatic rings.